The molecular weight excluding hydrogens is 370 g/mol. The number of amides is 1. The Morgan fingerprint density at radius 1 is 1.12 bits per heavy atom. The first-order chi connectivity index (χ1) is 11.6. The first kappa shape index (κ1) is 18.5. The standard InChI is InChI=1S/C19H22BrNO3/c1-15(24-18-10-6-5-9-17(18)20)19(23)21(13-14-22)12-11-16-7-3-2-4-8-16/h2-10,15,22H,11-14H2,1H3. The lowest BCUT2D eigenvalue weighted by Gasteiger charge is -2.25. The maximum Gasteiger partial charge on any atom is 0.263 e. The summed E-state index contributed by atoms with van der Waals surface area (Å²) >= 11 is 3.41. The van der Waals surface area contributed by atoms with Crippen molar-refractivity contribution in [2.45, 2.75) is 19.4 Å². The van der Waals surface area contributed by atoms with Crippen LogP contribution in [-0.2, 0) is 11.2 Å². The number of hydrogen-bond acceptors (Lipinski definition) is 3. The highest BCUT2D eigenvalue weighted by Gasteiger charge is 2.22. The Balaban J connectivity index is 1.98. The second-order valence-electron chi connectivity index (χ2n) is 5.47. The van der Waals surface area contributed by atoms with Crippen molar-refractivity contribution in [2.75, 3.05) is 19.7 Å². The minimum atomic E-state index is -0.619. The number of ether oxygens (including phenoxy) is 1. The molecule has 1 amide bonds. The second kappa shape index (κ2) is 9.45. The van der Waals surface area contributed by atoms with Gasteiger partial charge in [0.2, 0.25) is 0 Å². The highest BCUT2D eigenvalue weighted by atomic mass is 79.9. The van der Waals surface area contributed by atoms with E-state index in [9.17, 15) is 9.90 Å². The average molecular weight is 392 g/mol. The summed E-state index contributed by atoms with van der Waals surface area (Å²) in [6.45, 7) is 2.51. The van der Waals surface area contributed by atoms with E-state index in [4.69, 9.17) is 4.74 Å². The van der Waals surface area contributed by atoms with Gasteiger partial charge in [-0.05, 0) is 47.0 Å². The SMILES string of the molecule is CC(Oc1ccccc1Br)C(=O)N(CCO)CCc1ccccc1. The molecule has 0 spiro atoms. The van der Waals surface area contributed by atoms with E-state index in [-0.39, 0.29) is 12.5 Å². The topological polar surface area (TPSA) is 49.8 Å². The quantitative estimate of drug-likeness (QED) is 0.750. The fraction of sp³-hybridized carbons (Fsp3) is 0.316. The van der Waals surface area contributed by atoms with Crippen LogP contribution in [0, 0.1) is 0 Å². The van der Waals surface area contributed by atoms with E-state index in [1.807, 2.05) is 54.6 Å². The molecule has 1 unspecified atom stereocenters. The van der Waals surface area contributed by atoms with E-state index in [1.165, 1.54) is 0 Å². The van der Waals surface area contributed by atoms with E-state index >= 15 is 0 Å². The number of carbonyl (C=O) groups excluding carboxylic acids is 1. The number of aliphatic hydroxyl groups excluding tert-OH is 1. The van der Waals surface area contributed by atoms with Crippen molar-refractivity contribution < 1.29 is 14.6 Å². The van der Waals surface area contributed by atoms with Crippen LogP contribution in [0.15, 0.2) is 59.1 Å². The van der Waals surface area contributed by atoms with Crippen LogP contribution in [-0.4, -0.2) is 41.7 Å². The molecule has 0 saturated heterocycles. The summed E-state index contributed by atoms with van der Waals surface area (Å²) in [5.74, 6) is 0.501. The largest absolute Gasteiger partial charge is 0.480 e. The molecule has 1 N–H and O–H groups in total. The summed E-state index contributed by atoms with van der Waals surface area (Å²) < 4.78 is 6.57. The van der Waals surface area contributed by atoms with E-state index in [0.29, 0.717) is 18.8 Å². The van der Waals surface area contributed by atoms with Gasteiger partial charge in [0.1, 0.15) is 5.75 Å². The van der Waals surface area contributed by atoms with Gasteiger partial charge in [-0.15, -0.1) is 0 Å². The summed E-state index contributed by atoms with van der Waals surface area (Å²) in [4.78, 5) is 14.3. The van der Waals surface area contributed by atoms with Crippen molar-refractivity contribution in [2.24, 2.45) is 0 Å². The summed E-state index contributed by atoms with van der Waals surface area (Å²) in [6.07, 6.45) is 0.125. The monoisotopic (exact) mass is 391 g/mol. The minimum absolute atomic E-state index is 0.0672. The lowest BCUT2D eigenvalue weighted by atomic mass is 10.1. The van der Waals surface area contributed by atoms with Gasteiger partial charge in [-0.3, -0.25) is 4.79 Å². The van der Waals surface area contributed by atoms with E-state index in [2.05, 4.69) is 15.9 Å². The molecule has 2 aromatic carbocycles. The van der Waals surface area contributed by atoms with Crippen molar-refractivity contribution in [3.63, 3.8) is 0 Å². The Labute approximate surface area is 151 Å². The van der Waals surface area contributed by atoms with Gasteiger partial charge in [0.05, 0.1) is 11.1 Å². The van der Waals surface area contributed by atoms with Crippen molar-refractivity contribution in [3.8, 4) is 5.75 Å². The molecule has 128 valence electrons. The van der Waals surface area contributed by atoms with Gasteiger partial charge < -0.3 is 14.7 Å². The lowest BCUT2D eigenvalue weighted by molar-refractivity contribution is -0.138. The summed E-state index contributed by atoms with van der Waals surface area (Å²) in [5, 5.41) is 9.26. The Bertz CT molecular complexity index is 648. The summed E-state index contributed by atoms with van der Waals surface area (Å²) in [6, 6.07) is 17.4. The van der Waals surface area contributed by atoms with Crippen LogP contribution in [0.3, 0.4) is 0 Å². The molecule has 0 heterocycles. The lowest BCUT2D eigenvalue weighted by Crippen LogP contribution is -2.43. The van der Waals surface area contributed by atoms with E-state index in [0.717, 1.165) is 16.5 Å². The molecule has 5 heteroatoms. The minimum Gasteiger partial charge on any atom is -0.480 e. The van der Waals surface area contributed by atoms with Crippen LogP contribution in [0.4, 0.5) is 0 Å². The predicted molar refractivity (Wildman–Crippen MR) is 98.0 cm³/mol. The molecule has 0 radical (unpaired) electrons. The zero-order valence-corrected chi connectivity index (χ0v) is 15.3. The third kappa shape index (κ3) is 5.35. The number of benzene rings is 2. The molecule has 2 aromatic rings. The molecular formula is C19H22BrNO3. The highest BCUT2D eigenvalue weighted by molar-refractivity contribution is 9.10. The van der Waals surface area contributed by atoms with Gasteiger partial charge in [0.15, 0.2) is 6.10 Å². The van der Waals surface area contributed by atoms with Crippen molar-refractivity contribution in [3.05, 3.63) is 64.6 Å². The maximum atomic E-state index is 12.6. The molecule has 2 rings (SSSR count). The molecule has 4 nitrogen and oxygen atoms in total. The molecule has 1 atom stereocenters. The molecule has 0 aliphatic rings. The third-order valence-electron chi connectivity index (χ3n) is 3.68. The maximum absolute atomic E-state index is 12.6. The van der Waals surface area contributed by atoms with Crippen molar-refractivity contribution in [1.82, 2.24) is 4.90 Å². The van der Waals surface area contributed by atoms with Crippen LogP contribution in [0.25, 0.3) is 0 Å². The fourth-order valence-corrected chi connectivity index (χ4v) is 2.78. The predicted octanol–water partition coefficient (Wildman–Crippen LogP) is 3.28. The third-order valence-corrected chi connectivity index (χ3v) is 4.34. The number of para-hydroxylation sites is 1. The summed E-state index contributed by atoms with van der Waals surface area (Å²) in [7, 11) is 0. The Morgan fingerprint density at radius 2 is 1.79 bits per heavy atom. The zero-order chi connectivity index (χ0) is 17.4. The molecule has 0 fully saturated rings. The highest BCUT2D eigenvalue weighted by Crippen LogP contribution is 2.25. The van der Waals surface area contributed by atoms with Gasteiger partial charge in [-0.25, -0.2) is 0 Å². The van der Waals surface area contributed by atoms with Crippen LogP contribution in [0.1, 0.15) is 12.5 Å². The van der Waals surface area contributed by atoms with Gasteiger partial charge in [-0.1, -0.05) is 42.5 Å². The zero-order valence-electron chi connectivity index (χ0n) is 13.7. The molecule has 0 aliphatic carbocycles. The van der Waals surface area contributed by atoms with E-state index in [1.54, 1.807) is 11.8 Å². The van der Waals surface area contributed by atoms with Gasteiger partial charge in [0.25, 0.3) is 5.91 Å². The molecule has 0 saturated carbocycles. The number of aliphatic hydroxyl groups is 1. The Hall–Kier alpha value is -1.85. The molecule has 24 heavy (non-hydrogen) atoms. The fourth-order valence-electron chi connectivity index (χ4n) is 2.40. The Morgan fingerprint density at radius 3 is 2.46 bits per heavy atom. The van der Waals surface area contributed by atoms with Crippen molar-refractivity contribution >= 4 is 21.8 Å². The van der Waals surface area contributed by atoms with Crippen LogP contribution in [0.5, 0.6) is 5.75 Å². The molecule has 0 bridgehead atoms. The van der Waals surface area contributed by atoms with Gasteiger partial charge in [-0.2, -0.15) is 0 Å². The normalized spacial score (nSPS) is 11.8. The average Bonchev–Trinajstić information content (AvgIpc) is 2.61. The van der Waals surface area contributed by atoms with Gasteiger partial charge in [0, 0.05) is 13.1 Å². The first-order valence-electron chi connectivity index (χ1n) is 7.96. The number of rotatable bonds is 8. The van der Waals surface area contributed by atoms with Gasteiger partial charge >= 0.3 is 0 Å². The molecule has 0 aliphatic heterocycles. The van der Waals surface area contributed by atoms with Crippen LogP contribution in [0.2, 0.25) is 0 Å². The number of halogens is 1. The van der Waals surface area contributed by atoms with Crippen LogP contribution >= 0.6 is 15.9 Å². The van der Waals surface area contributed by atoms with Crippen LogP contribution < -0.4 is 4.74 Å². The van der Waals surface area contributed by atoms with Crippen molar-refractivity contribution in [1.29, 1.82) is 0 Å². The smallest absolute Gasteiger partial charge is 0.263 e. The van der Waals surface area contributed by atoms with E-state index < -0.39 is 6.10 Å². The number of nitrogens with zero attached hydrogens (tertiary/aromatic N) is 1. The number of hydrogen-bond donors (Lipinski definition) is 1. The second-order valence-corrected chi connectivity index (χ2v) is 6.33. The number of carbonyl (C=O) groups is 1. The first-order valence-corrected chi connectivity index (χ1v) is 8.76. The molecule has 0 aromatic heterocycles. The Kier molecular flexibility index (Phi) is 7.28. The summed E-state index contributed by atoms with van der Waals surface area (Å²) in [5.41, 5.74) is 1.16.